The molecule has 2 unspecified atom stereocenters. The average molecular weight is 293 g/mol. The van der Waals surface area contributed by atoms with Crippen LogP contribution in [-0.2, 0) is 0 Å². The van der Waals surface area contributed by atoms with Crippen LogP contribution in [0.15, 0.2) is 12.3 Å². The maximum absolute atomic E-state index is 11.2. The first kappa shape index (κ1) is 15.2. The Bertz CT molecular complexity index is 561. The van der Waals surface area contributed by atoms with Gasteiger partial charge < -0.3 is 10.0 Å². The molecule has 2 atom stereocenters. The van der Waals surface area contributed by atoms with Gasteiger partial charge in [-0.15, -0.1) is 0 Å². The van der Waals surface area contributed by atoms with Crippen LogP contribution in [0.1, 0.15) is 43.0 Å². The van der Waals surface area contributed by atoms with E-state index in [0.29, 0.717) is 11.7 Å². The van der Waals surface area contributed by atoms with Gasteiger partial charge in [-0.2, -0.15) is 0 Å². The molecule has 0 aromatic carbocycles. The van der Waals surface area contributed by atoms with Crippen LogP contribution in [0.3, 0.4) is 0 Å². The van der Waals surface area contributed by atoms with Gasteiger partial charge in [-0.1, -0.05) is 19.8 Å². The monoisotopic (exact) mass is 293 g/mol. The zero-order chi connectivity index (χ0) is 15.6. The van der Waals surface area contributed by atoms with E-state index in [1.165, 1.54) is 12.5 Å². The molecular formula is C14H19N3O4. The normalized spacial score (nSPS) is 21.8. The highest BCUT2D eigenvalue weighted by Crippen LogP contribution is 2.31. The molecule has 1 aliphatic carbocycles. The highest BCUT2D eigenvalue weighted by molar-refractivity contribution is 5.93. The summed E-state index contributed by atoms with van der Waals surface area (Å²) in [6, 6.07) is 1.58. The lowest BCUT2D eigenvalue weighted by Gasteiger charge is -2.37. The Labute approximate surface area is 122 Å². The predicted molar refractivity (Wildman–Crippen MR) is 77.7 cm³/mol. The Morgan fingerprint density at radius 3 is 2.71 bits per heavy atom. The third-order valence-corrected chi connectivity index (χ3v) is 4.22. The molecule has 7 nitrogen and oxygen atoms in total. The van der Waals surface area contributed by atoms with Crippen LogP contribution in [0.4, 0.5) is 11.5 Å². The molecular weight excluding hydrogens is 274 g/mol. The van der Waals surface area contributed by atoms with E-state index in [1.807, 2.05) is 11.9 Å². The second-order valence-corrected chi connectivity index (χ2v) is 5.56. The lowest BCUT2D eigenvalue weighted by molar-refractivity contribution is -0.385. The Balaban J connectivity index is 2.33. The number of carbonyl (C=O) groups is 1. The van der Waals surface area contributed by atoms with Crippen molar-refractivity contribution in [1.82, 2.24) is 4.98 Å². The maximum Gasteiger partial charge on any atom is 0.342 e. The second-order valence-electron chi connectivity index (χ2n) is 5.56. The van der Waals surface area contributed by atoms with Crippen molar-refractivity contribution >= 4 is 17.5 Å². The largest absolute Gasteiger partial charge is 0.477 e. The SMILES string of the molecule is CC1CCCCC1N(C)c1cc(C(=O)O)c([N+](=O)[O-])cn1. The standard InChI is InChI=1S/C14H19N3O4/c1-9-5-3-4-6-11(9)16(2)13-7-10(14(18)19)12(8-15-13)17(20)21/h7-9,11H,3-6H2,1-2H3,(H,18,19). The summed E-state index contributed by atoms with van der Waals surface area (Å²) in [4.78, 5) is 27.3. The highest BCUT2D eigenvalue weighted by Gasteiger charge is 2.28. The number of carboxylic acid groups (broad SMARTS) is 1. The van der Waals surface area contributed by atoms with E-state index < -0.39 is 16.6 Å². The molecule has 0 bridgehead atoms. The first-order chi connectivity index (χ1) is 9.91. The smallest absolute Gasteiger partial charge is 0.342 e. The summed E-state index contributed by atoms with van der Waals surface area (Å²) in [5, 5.41) is 20.0. The summed E-state index contributed by atoms with van der Waals surface area (Å²) in [6.07, 6.45) is 5.53. The van der Waals surface area contributed by atoms with E-state index >= 15 is 0 Å². The van der Waals surface area contributed by atoms with Crippen molar-refractivity contribution in [2.75, 3.05) is 11.9 Å². The molecule has 1 aliphatic rings. The third kappa shape index (κ3) is 3.12. The predicted octanol–water partition coefficient (Wildman–Crippen LogP) is 2.70. The Hall–Kier alpha value is -2.18. The van der Waals surface area contributed by atoms with Crippen LogP contribution in [-0.4, -0.2) is 34.1 Å². The van der Waals surface area contributed by atoms with Gasteiger partial charge in [0, 0.05) is 19.2 Å². The van der Waals surface area contributed by atoms with Crippen molar-refractivity contribution in [3.05, 3.63) is 27.9 Å². The number of hydrogen-bond donors (Lipinski definition) is 1. The van der Waals surface area contributed by atoms with Crippen LogP contribution in [0.2, 0.25) is 0 Å². The molecule has 114 valence electrons. The van der Waals surface area contributed by atoms with Crippen molar-refractivity contribution in [2.24, 2.45) is 5.92 Å². The molecule has 7 heteroatoms. The molecule has 0 amide bonds. The summed E-state index contributed by atoms with van der Waals surface area (Å²) in [5.41, 5.74) is -0.795. The van der Waals surface area contributed by atoms with Crippen LogP contribution < -0.4 is 4.90 Å². The van der Waals surface area contributed by atoms with E-state index in [0.717, 1.165) is 25.5 Å². The van der Waals surface area contributed by atoms with E-state index in [9.17, 15) is 14.9 Å². The minimum absolute atomic E-state index is 0.286. The Morgan fingerprint density at radius 2 is 2.14 bits per heavy atom. The van der Waals surface area contributed by atoms with Crippen molar-refractivity contribution in [3.8, 4) is 0 Å². The lowest BCUT2D eigenvalue weighted by atomic mass is 9.85. The van der Waals surface area contributed by atoms with E-state index in [2.05, 4.69) is 11.9 Å². The van der Waals surface area contributed by atoms with Gasteiger partial charge in [-0.3, -0.25) is 10.1 Å². The fourth-order valence-corrected chi connectivity index (χ4v) is 2.99. The molecule has 1 heterocycles. The topological polar surface area (TPSA) is 96.6 Å². The van der Waals surface area contributed by atoms with Crippen molar-refractivity contribution in [1.29, 1.82) is 0 Å². The lowest BCUT2D eigenvalue weighted by Crippen LogP contribution is -2.39. The minimum atomic E-state index is -1.31. The quantitative estimate of drug-likeness (QED) is 0.677. The number of nitrogens with zero attached hydrogens (tertiary/aromatic N) is 3. The summed E-state index contributed by atoms with van der Waals surface area (Å²) in [5.74, 6) is -0.346. The number of aromatic nitrogens is 1. The number of anilines is 1. The highest BCUT2D eigenvalue weighted by atomic mass is 16.6. The molecule has 0 saturated heterocycles. The maximum atomic E-state index is 11.2. The van der Waals surface area contributed by atoms with E-state index in [1.54, 1.807) is 0 Å². The summed E-state index contributed by atoms with van der Waals surface area (Å²) < 4.78 is 0. The molecule has 1 fully saturated rings. The number of aromatic carboxylic acids is 1. The van der Waals surface area contributed by atoms with Crippen molar-refractivity contribution in [2.45, 2.75) is 38.6 Å². The molecule has 21 heavy (non-hydrogen) atoms. The molecule has 0 spiro atoms. The zero-order valence-electron chi connectivity index (χ0n) is 12.2. The van der Waals surface area contributed by atoms with Gasteiger partial charge in [-0.25, -0.2) is 9.78 Å². The second kappa shape index (κ2) is 6.07. The fourth-order valence-electron chi connectivity index (χ4n) is 2.99. The first-order valence-electron chi connectivity index (χ1n) is 7.02. The molecule has 1 aromatic rings. The van der Waals surface area contributed by atoms with Gasteiger partial charge in [0.2, 0.25) is 0 Å². The fraction of sp³-hybridized carbons (Fsp3) is 0.571. The van der Waals surface area contributed by atoms with Crippen molar-refractivity contribution < 1.29 is 14.8 Å². The summed E-state index contributed by atoms with van der Waals surface area (Å²) in [6.45, 7) is 2.17. The van der Waals surface area contributed by atoms with E-state index in [-0.39, 0.29) is 11.6 Å². The van der Waals surface area contributed by atoms with E-state index in [4.69, 9.17) is 5.11 Å². The van der Waals surface area contributed by atoms with Crippen LogP contribution in [0.5, 0.6) is 0 Å². The van der Waals surface area contributed by atoms with Crippen molar-refractivity contribution in [3.63, 3.8) is 0 Å². The number of nitro groups is 1. The molecule has 0 aliphatic heterocycles. The molecule has 1 aromatic heterocycles. The van der Waals surface area contributed by atoms with Gasteiger partial charge >= 0.3 is 11.7 Å². The zero-order valence-corrected chi connectivity index (χ0v) is 12.2. The molecule has 0 radical (unpaired) electrons. The van der Waals surface area contributed by atoms with Gasteiger partial charge in [-0.05, 0) is 18.8 Å². The molecule has 2 rings (SSSR count). The summed E-state index contributed by atoms with van der Waals surface area (Å²) in [7, 11) is 1.87. The first-order valence-corrected chi connectivity index (χ1v) is 7.02. The van der Waals surface area contributed by atoms with Crippen LogP contribution >= 0.6 is 0 Å². The van der Waals surface area contributed by atoms with Crippen LogP contribution in [0, 0.1) is 16.0 Å². The Morgan fingerprint density at radius 1 is 1.48 bits per heavy atom. The number of carboxylic acids is 1. The number of hydrogen-bond acceptors (Lipinski definition) is 5. The Kier molecular flexibility index (Phi) is 4.40. The van der Waals surface area contributed by atoms with Gasteiger partial charge in [0.25, 0.3) is 0 Å². The molecule has 1 N–H and O–H groups in total. The molecule has 1 saturated carbocycles. The van der Waals surface area contributed by atoms with Gasteiger partial charge in [0.05, 0.1) is 4.92 Å². The number of rotatable bonds is 4. The number of pyridine rings is 1. The third-order valence-electron chi connectivity index (χ3n) is 4.22. The van der Waals surface area contributed by atoms with Gasteiger partial charge in [0.1, 0.15) is 17.6 Å². The average Bonchev–Trinajstić information content (AvgIpc) is 2.46. The minimum Gasteiger partial charge on any atom is -0.477 e. The summed E-state index contributed by atoms with van der Waals surface area (Å²) >= 11 is 0. The van der Waals surface area contributed by atoms with Gasteiger partial charge in [0.15, 0.2) is 0 Å². The van der Waals surface area contributed by atoms with Crippen LogP contribution in [0.25, 0.3) is 0 Å².